The molecule has 0 spiro atoms. The van der Waals surface area contributed by atoms with Gasteiger partial charge in [-0.2, -0.15) is 5.10 Å². The number of hydrazone groups is 1. The SMILES string of the molecule is CC(C)C(NC(=O)c1ccc(F)cc1)C(=O)NN=Cc1ccccc1. The fraction of sp³-hybridized carbons (Fsp3) is 0.211. The Morgan fingerprint density at radius 3 is 2.28 bits per heavy atom. The van der Waals surface area contributed by atoms with Crippen LogP contribution in [0.1, 0.15) is 29.8 Å². The summed E-state index contributed by atoms with van der Waals surface area (Å²) in [4.78, 5) is 24.5. The lowest BCUT2D eigenvalue weighted by Gasteiger charge is -2.20. The number of halogens is 1. The van der Waals surface area contributed by atoms with Gasteiger partial charge in [-0.25, -0.2) is 9.82 Å². The number of carbonyl (C=O) groups excluding carboxylic acids is 2. The molecule has 2 aromatic carbocycles. The predicted octanol–water partition coefficient (Wildman–Crippen LogP) is 2.73. The maximum atomic E-state index is 12.9. The Morgan fingerprint density at radius 1 is 1.04 bits per heavy atom. The van der Waals surface area contributed by atoms with Gasteiger partial charge in [0.2, 0.25) is 0 Å². The molecule has 0 bridgehead atoms. The van der Waals surface area contributed by atoms with Crippen molar-refractivity contribution in [2.24, 2.45) is 11.0 Å². The molecular weight excluding hydrogens is 321 g/mol. The maximum absolute atomic E-state index is 12.9. The lowest BCUT2D eigenvalue weighted by Crippen LogP contribution is -2.48. The van der Waals surface area contributed by atoms with Crippen LogP contribution < -0.4 is 10.7 Å². The number of rotatable bonds is 6. The van der Waals surface area contributed by atoms with Gasteiger partial charge in [0.25, 0.3) is 11.8 Å². The monoisotopic (exact) mass is 341 g/mol. The minimum absolute atomic E-state index is 0.142. The van der Waals surface area contributed by atoms with Crippen molar-refractivity contribution in [3.05, 3.63) is 71.5 Å². The third kappa shape index (κ3) is 5.53. The Labute approximate surface area is 145 Å². The van der Waals surface area contributed by atoms with E-state index in [0.29, 0.717) is 0 Å². The highest BCUT2D eigenvalue weighted by Gasteiger charge is 2.24. The number of amides is 2. The zero-order valence-corrected chi connectivity index (χ0v) is 14.1. The molecule has 25 heavy (non-hydrogen) atoms. The van der Waals surface area contributed by atoms with Gasteiger partial charge in [0.05, 0.1) is 6.21 Å². The summed E-state index contributed by atoms with van der Waals surface area (Å²) in [5.41, 5.74) is 3.57. The quantitative estimate of drug-likeness (QED) is 0.626. The summed E-state index contributed by atoms with van der Waals surface area (Å²) in [6.45, 7) is 3.63. The molecule has 0 aliphatic heterocycles. The summed E-state index contributed by atoms with van der Waals surface area (Å²) in [6, 6.07) is 13.7. The second-order valence-electron chi connectivity index (χ2n) is 5.85. The molecule has 130 valence electrons. The molecule has 0 saturated heterocycles. The van der Waals surface area contributed by atoms with Gasteiger partial charge in [-0.05, 0) is 35.7 Å². The number of hydrogen-bond donors (Lipinski definition) is 2. The van der Waals surface area contributed by atoms with Crippen LogP contribution >= 0.6 is 0 Å². The van der Waals surface area contributed by atoms with E-state index in [1.807, 2.05) is 44.2 Å². The van der Waals surface area contributed by atoms with E-state index in [0.717, 1.165) is 5.56 Å². The van der Waals surface area contributed by atoms with Gasteiger partial charge in [-0.3, -0.25) is 9.59 Å². The zero-order valence-electron chi connectivity index (χ0n) is 14.1. The smallest absolute Gasteiger partial charge is 0.262 e. The van der Waals surface area contributed by atoms with Crippen LogP contribution in [-0.2, 0) is 4.79 Å². The van der Waals surface area contributed by atoms with Crippen molar-refractivity contribution in [2.45, 2.75) is 19.9 Å². The molecule has 0 radical (unpaired) electrons. The third-order valence-corrected chi connectivity index (χ3v) is 3.53. The van der Waals surface area contributed by atoms with Crippen molar-refractivity contribution in [3.8, 4) is 0 Å². The minimum Gasteiger partial charge on any atom is -0.340 e. The van der Waals surface area contributed by atoms with E-state index in [4.69, 9.17) is 0 Å². The van der Waals surface area contributed by atoms with Crippen LogP contribution in [0.2, 0.25) is 0 Å². The molecule has 0 aliphatic carbocycles. The van der Waals surface area contributed by atoms with Gasteiger partial charge < -0.3 is 5.32 Å². The highest BCUT2D eigenvalue weighted by molar-refractivity contribution is 5.97. The Hall–Kier alpha value is -3.02. The average Bonchev–Trinajstić information content (AvgIpc) is 2.60. The Kier molecular flexibility index (Phi) is 6.39. The topological polar surface area (TPSA) is 70.6 Å². The highest BCUT2D eigenvalue weighted by Crippen LogP contribution is 2.07. The Bertz CT molecular complexity index is 743. The fourth-order valence-corrected chi connectivity index (χ4v) is 2.14. The number of nitrogens with zero attached hydrogens (tertiary/aromatic N) is 1. The number of benzene rings is 2. The summed E-state index contributed by atoms with van der Waals surface area (Å²) < 4.78 is 12.9. The van der Waals surface area contributed by atoms with Crippen LogP contribution in [-0.4, -0.2) is 24.1 Å². The van der Waals surface area contributed by atoms with Crippen LogP contribution in [0.5, 0.6) is 0 Å². The molecule has 2 N–H and O–H groups in total. The second-order valence-corrected chi connectivity index (χ2v) is 5.85. The normalized spacial score (nSPS) is 12.2. The first-order chi connectivity index (χ1) is 12.0. The summed E-state index contributed by atoms with van der Waals surface area (Å²) in [7, 11) is 0. The first-order valence-electron chi connectivity index (χ1n) is 7.92. The first-order valence-corrected chi connectivity index (χ1v) is 7.92. The molecular formula is C19H20FN3O2. The molecule has 0 fully saturated rings. The van der Waals surface area contributed by atoms with E-state index in [-0.39, 0.29) is 11.5 Å². The highest BCUT2D eigenvalue weighted by atomic mass is 19.1. The van der Waals surface area contributed by atoms with Gasteiger partial charge in [-0.1, -0.05) is 44.2 Å². The first kappa shape index (κ1) is 18.3. The second kappa shape index (κ2) is 8.73. The molecule has 2 rings (SSSR count). The van der Waals surface area contributed by atoms with Gasteiger partial charge in [0.1, 0.15) is 11.9 Å². The Balaban J connectivity index is 1.99. The summed E-state index contributed by atoms with van der Waals surface area (Å²) in [5.74, 6) is -1.43. The molecule has 5 nitrogen and oxygen atoms in total. The van der Waals surface area contributed by atoms with Crippen molar-refractivity contribution in [3.63, 3.8) is 0 Å². The van der Waals surface area contributed by atoms with Gasteiger partial charge >= 0.3 is 0 Å². The van der Waals surface area contributed by atoms with Crippen LogP contribution in [0.4, 0.5) is 4.39 Å². The summed E-state index contributed by atoms with van der Waals surface area (Å²) in [6.07, 6.45) is 1.52. The van der Waals surface area contributed by atoms with Crippen molar-refractivity contribution >= 4 is 18.0 Å². The maximum Gasteiger partial charge on any atom is 0.262 e. The van der Waals surface area contributed by atoms with Crippen molar-refractivity contribution < 1.29 is 14.0 Å². The summed E-state index contributed by atoms with van der Waals surface area (Å²) >= 11 is 0. The van der Waals surface area contributed by atoms with Gasteiger partial charge in [0.15, 0.2) is 0 Å². The number of carbonyl (C=O) groups is 2. The summed E-state index contributed by atoms with van der Waals surface area (Å²) in [5, 5.41) is 6.56. The zero-order chi connectivity index (χ0) is 18.2. The van der Waals surface area contributed by atoms with E-state index < -0.39 is 23.7 Å². The third-order valence-electron chi connectivity index (χ3n) is 3.53. The molecule has 2 amide bonds. The van der Waals surface area contributed by atoms with Crippen LogP contribution in [0.15, 0.2) is 59.7 Å². The molecule has 2 aromatic rings. The van der Waals surface area contributed by atoms with Crippen molar-refractivity contribution in [1.82, 2.24) is 10.7 Å². The largest absolute Gasteiger partial charge is 0.340 e. The fourth-order valence-electron chi connectivity index (χ4n) is 2.14. The average molecular weight is 341 g/mol. The standard InChI is InChI=1S/C19H20FN3O2/c1-13(2)17(22-18(24)15-8-10-16(20)11-9-15)19(25)23-21-12-14-6-4-3-5-7-14/h3-13,17H,1-2H3,(H,22,24)(H,23,25). The minimum atomic E-state index is -0.759. The number of nitrogens with one attached hydrogen (secondary N) is 2. The number of hydrogen-bond acceptors (Lipinski definition) is 3. The van der Waals surface area contributed by atoms with E-state index in [9.17, 15) is 14.0 Å². The predicted molar refractivity (Wildman–Crippen MR) is 94.7 cm³/mol. The lowest BCUT2D eigenvalue weighted by molar-refractivity contribution is -0.123. The van der Waals surface area contributed by atoms with Gasteiger partial charge in [0, 0.05) is 5.56 Å². The van der Waals surface area contributed by atoms with E-state index in [2.05, 4.69) is 15.8 Å². The van der Waals surface area contributed by atoms with E-state index in [1.165, 1.54) is 30.5 Å². The molecule has 0 aliphatic rings. The van der Waals surface area contributed by atoms with Crippen molar-refractivity contribution in [2.75, 3.05) is 0 Å². The molecule has 1 atom stereocenters. The van der Waals surface area contributed by atoms with Crippen LogP contribution in [0.3, 0.4) is 0 Å². The van der Waals surface area contributed by atoms with E-state index >= 15 is 0 Å². The Morgan fingerprint density at radius 2 is 1.68 bits per heavy atom. The molecule has 0 heterocycles. The van der Waals surface area contributed by atoms with Gasteiger partial charge in [-0.15, -0.1) is 0 Å². The molecule has 1 unspecified atom stereocenters. The molecule has 0 aromatic heterocycles. The van der Waals surface area contributed by atoms with Crippen LogP contribution in [0.25, 0.3) is 0 Å². The van der Waals surface area contributed by atoms with E-state index in [1.54, 1.807) is 0 Å². The molecule has 6 heteroatoms. The van der Waals surface area contributed by atoms with Crippen molar-refractivity contribution in [1.29, 1.82) is 0 Å². The van der Waals surface area contributed by atoms with Crippen LogP contribution in [0, 0.1) is 11.7 Å². The lowest BCUT2D eigenvalue weighted by atomic mass is 10.0. The molecule has 0 saturated carbocycles.